The van der Waals surface area contributed by atoms with Gasteiger partial charge in [0.05, 0.1) is 0 Å². The van der Waals surface area contributed by atoms with E-state index in [1.54, 1.807) is 16.7 Å². The van der Waals surface area contributed by atoms with E-state index in [9.17, 15) is 0 Å². The highest BCUT2D eigenvalue weighted by Crippen LogP contribution is 2.29. The number of hydrogen-bond acceptors (Lipinski definition) is 0. The summed E-state index contributed by atoms with van der Waals surface area (Å²) in [5, 5.41) is 0. The van der Waals surface area contributed by atoms with Crippen LogP contribution >= 0.6 is 0 Å². The number of unbranched alkanes of at least 4 members (excludes halogenated alkanes) is 25. The van der Waals surface area contributed by atoms with Crippen LogP contribution in [0.3, 0.4) is 0 Å². The van der Waals surface area contributed by atoms with Crippen molar-refractivity contribution < 1.29 is 0 Å². The lowest BCUT2D eigenvalue weighted by Gasteiger charge is -2.20. The molecule has 0 aliphatic rings. The first-order valence-electron chi connectivity index (χ1n) is 25.1. The van der Waals surface area contributed by atoms with Crippen molar-refractivity contribution in [2.75, 3.05) is 0 Å². The molecule has 0 heteroatoms. The molecule has 0 aliphatic carbocycles. The first-order chi connectivity index (χ1) is 27.7. The predicted octanol–water partition coefficient (Wildman–Crippen LogP) is 18.8. The third kappa shape index (κ3) is 29.2. The van der Waals surface area contributed by atoms with Crippen molar-refractivity contribution in [3.63, 3.8) is 0 Å². The zero-order valence-electron chi connectivity index (χ0n) is 38.5. The second-order valence-corrected chi connectivity index (χ2v) is 16.9. The van der Waals surface area contributed by atoms with E-state index in [0.29, 0.717) is 0 Å². The minimum absolute atomic E-state index is 1.01. The third-order valence-corrected chi connectivity index (χ3v) is 11.6. The molecule has 1 aromatic rings. The van der Waals surface area contributed by atoms with Gasteiger partial charge in [-0.15, -0.1) is 0 Å². The Bertz CT molecular complexity index is 1060. The van der Waals surface area contributed by atoms with Crippen molar-refractivity contribution >= 4 is 0 Å². The Morgan fingerprint density at radius 3 is 0.750 bits per heavy atom. The molecule has 0 fully saturated rings. The summed E-state index contributed by atoms with van der Waals surface area (Å²) >= 11 is 0. The van der Waals surface area contributed by atoms with Crippen molar-refractivity contribution in [1.82, 2.24) is 0 Å². The summed E-state index contributed by atoms with van der Waals surface area (Å²) in [6, 6.07) is 4.15. The summed E-state index contributed by atoms with van der Waals surface area (Å²) in [6.45, 7) is 11.6. The van der Waals surface area contributed by atoms with Gasteiger partial charge in [-0.25, -0.2) is 0 Å². The molecule has 0 N–H and O–H groups in total. The summed E-state index contributed by atoms with van der Waals surface area (Å²) in [4.78, 5) is 0. The largest absolute Gasteiger partial charge is 0.0882 e. The van der Waals surface area contributed by atoms with Crippen molar-refractivity contribution in [1.29, 1.82) is 0 Å². The monoisotopic (exact) mass is 768 g/mol. The number of hydrogen-bond donors (Lipinski definition) is 0. The van der Waals surface area contributed by atoms with Gasteiger partial charge in [-0.05, 0) is 130 Å². The van der Waals surface area contributed by atoms with E-state index in [1.165, 1.54) is 204 Å². The van der Waals surface area contributed by atoms with Gasteiger partial charge in [0.15, 0.2) is 0 Å². The Morgan fingerprint density at radius 1 is 0.250 bits per heavy atom. The first kappa shape index (κ1) is 51.9. The Kier molecular flexibility index (Phi) is 38.1. The van der Waals surface area contributed by atoms with Gasteiger partial charge in [0.1, 0.15) is 0 Å². The molecule has 0 aliphatic heterocycles. The van der Waals surface area contributed by atoms with Crippen molar-refractivity contribution in [3.8, 4) is 0 Å². The van der Waals surface area contributed by atoms with Crippen LogP contribution in [0.2, 0.25) is 0 Å². The Hall–Kier alpha value is -2.08. The third-order valence-electron chi connectivity index (χ3n) is 11.6. The summed E-state index contributed by atoms with van der Waals surface area (Å²) in [7, 11) is 0. The molecule has 0 saturated heterocycles. The molecular formula is C56H95. The van der Waals surface area contributed by atoms with E-state index in [4.69, 9.17) is 0 Å². The quantitative estimate of drug-likeness (QED) is 0.0461. The van der Waals surface area contributed by atoms with Crippen molar-refractivity contribution in [2.45, 2.75) is 259 Å². The van der Waals surface area contributed by atoms with E-state index in [2.05, 4.69) is 101 Å². The summed E-state index contributed by atoms with van der Waals surface area (Å²) < 4.78 is 0. The minimum atomic E-state index is 1.01. The van der Waals surface area contributed by atoms with Gasteiger partial charge >= 0.3 is 0 Å². The lowest BCUT2D eigenvalue weighted by Crippen LogP contribution is -2.08. The van der Waals surface area contributed by atoms with Crippen LogP contribution in [0.1, 0.15) is 255 Å². The highest BCUT2D eigenvalue weighted by molar-refractivity contribution is 5.49. The first-order valence-corrected chi connectivity index (χ1v) is 25.1. The van der Waals surface area contributed by atoms with Gasteiger partial charge in [-0.3, -0.25) is 0 Å². The van der Waals surface area contributed by atoms with E-state index in [0.717, 1.165) is 32.1 Å². The Morgan fingerprint density at radius 2 is 0.482 bits per heavy atom. The molecule has 0 unspecified atom stereocenters. The number of rotatable bonds is 40. The molecule has 0 bridgehead atoms. The van der Waals surface area contributed by atoms with Crippen LogP contribution in [-0.4, -0.2) is 0 Å². The van der Waals surface area contributed by atoms with Crippen LogP contribution in [0.15, 0.2) is 60.8 Å². The van der Waals surface area contributed by atoms with E-state index in [1.807, 2.05) is 0 Å². The fourth-order valence-electron chi connectivity index (χ4n) is 7.89. The van der Waals surface area contributed by atoms with Crippen LogP contribution in [0.4, 0.5) is 0 Å². The molecule has 1 aromatic carbocycles. The zero-order valence-corrected chi connectivity index (χ0v) is 38.5. The summed E-state index contributed by atoms with van der Waals surface area (Å²) in [5.74, 6) is 0. The molecule has 319 valence electrons. The molecule has 1 rings (SSSR count). The minimum Gasteiger partial charge on any atom is -0.0882 e. The van der Waals surface area contributed by atoms with Gasteiger partial charge in [0.25, 0.3) is 0 Å². The van der Waals surface area contributed by atoms with Gasteiger partial charge in [0, 0.05) is 0 Å². The van der Waals surface area contributed by atoms with E-state index in [-0.39, 0.29) is 0 Å². The molecule has 0 saturated carbocycles. The fourth-order valence-corrected chi connectivity index (χ4v) is 7.89. The second-order valence-electron chi connectivity index (χ2n) is 16.9. The van der Waals surface area contributed by atoms with Gasteiger partial charge in [0.2, 0.25) is 0 Å². The Labute approximate surface area is 352 Å². The van der Waals surface area contributed by atoms with Crippen LogP contribution in [0, 0.1) is 6.07 Å². The molecule has 0 spiro atoms. The smallest absolute Gasteiger partial charge is 0.00882 e. The fraction of sp³-hybridized carbons (Fsp3) is 0.714. The molecule has 0 nitrogen and oxygen atoms in total. The van der Waals surface area contributed by atoms with E-state index < -0.39 is 0 Å². The normalized spacial score (nSPS) is 12.4. The summed E-state index contributed by atoms with van der Waals surface area (Å²) in [6.07, 6.45) is 70.0. The maximum atomic E-state index is 4.15. The van der Waals surface area contributed by atoms with Gasteiger partial charge < -0.3 is 0 Å². The SMILES string of the molecule is CCCCCCC/C=C/Cc1[c]c(C/C=C/CCCCCCC)c(C/C=C/CCCCCCC)c(C/C=C/CCCCCCC)c1C/C=C/CCCCCCC. The maximum absolute atomic E-state index is 4.15. The van der Waals surface area contributed by atoms with Crippen LogP contribution in [0.5, 0.6) is 0 Å². The van der Waals surface area contributed by atoms with Gasteiger partial charge in [-0.1, -0.05) is 224 Å². The Balaban J connectivity index is 3.51. The number of benzene rings is 1. The highest BCUT2D eigenvalue weighted by atomic mass is 14.2. The summed E-state index contributed by atoms with van der Waals surface area (Å²) in [5.41, 5.74) is 7.65. The molecular weight excluding hydrogens is 673 g/mol. The van der Waals surface area contributed by atoms with Crippen LogP contribution < -0.4 is 0 Å². The maximum Gasteiger partial charge on any atom is -0.00882 e. The van der Waals surface area contributed by atoms with E-state index >= 15 is 0 Å². The molecule has 1 radical (unpaired) electrons. The predicted molar refractivity (Wildman–Crippen MR) is 256 cm³/mol. The van der Waals surface area contributed by atoms with Gasteiger partial charge in [-0.2, -0.15) is 0 Å². The molecule has 0 aromatic heterocycles. The second kappa shape index (κ2) is 41.1. The van der Waals surface area contributed by atoms with Crippen molar-refractivity contribution in [3.05, 3.63) is 94.6 Å². The lowest BCUT2D eigenvalue weighted by molar-refractivity contribution is 0.637. The number of allylic oxidation sites excluding steroid dienone is 10. The highest BCUT2D eigenvalue weighted by Gasteiger charge is 2.16. The van der Waals surface area contributed by atoms with Crippen LogP contribution in [0.25, 0.3) is 0 Å². The standard InChI is InChI=1S/C56H95/c1-6-11-16-21-26-31-36-41-46-52-51-53(47-42-37-32-27-22-17-12-7-2)55(49-44-39-34-29-24-19-14-9-4)56(50-45-40-35-30-25-20-15-10-5)54(52)48-43-38-33-28-23-18-13-8-3/h36-45H,6-35,46-50H2,1-5H3/b41-36+,42-37+,43-38+,44-39+,45-40+. The lowest BCUT2D eigenvalue weighted by atomic mass is 9.84. The topological polar surface area (TPSA) is 0 Å². The zero-order chi connectivity index (χ0) is 40.4. The average molecular weight is 768 g/mol. The molecule has 0 heterocycles. The van der Waals surface area contributed by atoms with Crippen LogP contribution in [-0.2, 0) is 32.1 Å². The van der Waals surface area contributed by atoms with Crippen molar-refractivity contribution in [2.24, 2.45) is 0 Å². The molecule has 56 heavy (non-hydrogen) atoms. The molecule has 0 amide bonds. The average Bonchev–Trinajstić information content (AvgIpc) is 3.21. The molecule has 0 atom stereocenters.